The Balaban J connectivity index is 0.00000288. The molecule has 24 heavy (non-hydrogen) atoms. The van der Waals surface area contributed by atoms with Crippen molar-refractivity contribution in [3.63, 3.8) is 0 Å². The third kappa shape index (κ3) is 4.52. The van der Waals surface area contributed by atoms with E-state index in [1.165, 1.54) is 0 Å². The minimum atomic E-state index is -0.416. The Morgan fingerprint density at radius 2 is 1.71 bits per heavy atom. The minimum absolute atomic E-state index is 0. The standard InChI is InChI=1S/C20H31NO2.ClH/c1-15(2)21(16(3)4)11-12-23-19(22)20(13-17(5)14-20)18-9-7-6-8-10-18;/h6-10,15-17H,11-14H2,1-5H3;1H. The molecule has 0 amide bonds. The Morgan fingerprint density at radius 1 is 1.17 bits per heavy atom. The summed E-state index contributed by atoms with van der Waals surface area (Å²) in [5, 5.41) is 0. The van der Waals surface area contributed by atoms with Crippen molar-refractivity contribution in [3.8, 4) is 0 Å². The van der Waals surface area contributed by atoms with Gasteiger partial charge in [-0.1, -0.05) is 37.3 Å². The van der Waals surface area contributed by atoms with Gasteiger partial charge in [-0.2, -0.15) is 0 Å². The van der Waals surface area contributed by atoms with Crippen LogP contribution in [0, 0.1) is 5.92 Å². The maximum atomic E-state index is 12.8. The smallest absolute Gasteiger partial charge is 0.316 e. The number of ether oxygens (including phenoxy) is 1. The molecule has 0 saturated heterocycles. The minimum Gasteiger partial charge on any atom is -0.464 e. The average molecular weight is 354 g/mol. The normalized spacial score (nSPS) is 23.1. The van der Waals surface area contributed by atoms with Crippen molar-refractivity contribution >= 4 is 18.4 Å². The average Bonchev–Trinajstić information content (AvgIpc) is 2.48. The monoisotopic (exact) mass is 353 g/mol. The molecule has 4 heteroatoms. The zero-order chi connectivity index (χ0) is 17.0. The molecule has 0 spiro atoms. The maximum Gasteiger partial charge on any atom is 0.316 e. The number of carbonyl (C=O) groups excluding carboxylic acids is 1. The molecular weight excluding hydrogens is 322 g/mol. The second-order valence-corrected chi connectivity index (χ2v) is 7.52. The maximum absolute atomic E-state index is 12.8. The van der Waals surface area contributed by atoms with Crippen LogP contribution in [0.25, 0.3) is 0 Å². The Labute approximate surface area is 153 Å². The lowest BCUT2D eigenvalue weighted by Crippen LogP contribution is -2.48. The van der Waals surface area contributed by atoms with Gasteiger partial charge < -0.3 is 4.74 Å². The second-order valence-electron chi connectivity index (χ2n) is 7.52. The van der Waals surface area contributed by atoms with Crippen LogP contribution in [0.1, 0.15) is 53.0 Å². The van der Waals surface area contributed by atoms with Gasteiger partial charge in [-0.25, -0.2) is 0 Å². The molecule has 0 heterocycles. The topological polar surface area (TPSA) is 29.5 Å². The number of hydrogen-bond acceptors (Lipinski definition) is 3. The number of benzene rings is 1. The van der Waals surface area contributed by atoms with Gasteiger partial charge in [-0.05, 0) is 52.0 Å². The van der Waals surface area contributed by atoms with E-state index in [0.29, 0.717) is 24.6 Å². The van der Waals surface area contributed by atoms with E-state index >= 15 is 0 Å². The van der Waals surface area contributed by atoms with Gasteiger partial charge in [0.05, 0.1) is 5.41 Å². The molecule has 1 saturated carbocycles. The van der Waals surface area contributed by atoms with Gasteiger partial charge in [0.25, 0.3) is 0 Å². The van der Waals surface area contributed by atoms with Gasteiger partial charge >= 0.3 is 5.97 Å². The number of rotatable bonds is 7. The summed E-state index contributed by atoms with van der Waals surface area (Å²) in [6.07, 6.45) is 1.79. The predicted molar refractivity (Wildman–Crippen MR) is 102 cm³/mol. The molecule has 1 aromatic rings. The van der Waals surface area contributed by atoms with Crippen LogP contribution < -0.4 is 0 Å². The van der Waals surface area contributed by atoms with Crippen molar-refractivity contribution in [1.82, 2.24) is 4.90 Å². The Morgan fingerprint density at radius 3 is 2.17 bits per heavy atom. The van der Waals surface area contributed by atoms with E-state index in [1.807, 2.05) is 18.2 Å². The van der Waals surface area contributed by atoms with Crippen molar-refractivity contribution in [2.24, 2.45) is 5.92 Å². The number of hydrogen-bond donors (Lipinski definition) is 0. The summed E-state index contributed by atoms with van der Waals surface area (Å²) in [6, 6.07) is 11.0. The summed E-state index contributed by atoms with van der Waals surface area (Å²) in [5.41, 5.74) is 0.689. The van der Waals surface area contributed by atoms with E-state index in [9.17, 15) is 4.79 Å². The fourth-order valence-electron chi connectivity index (χ4n) is 3.90. The largest absolute Gasteiger partial charge is 0.464 e. The van der Waals surface area contributed by atoms with Crippen LogP contribution in [0.4, 0.5) is 0 Å². The molecule has 0 aromatic heterocycles. The van der Waals surface area contributed by atoms with E-state index in [0.717, 1.165) is 24.9 Å². The Kier molecular flexibility index (Phi) is 7.75. The van der Waals surface area contributed by atoms with Crippen LogP contribution in [0.5, 0.6) is 0 Å². The summed E-state index contributed by atoms with van der Waals surface area (Å²) in [6.45, 7) is 12.2. The summed E-state index contributed by atoms with van der Waals surface area (Å²) in [5.74, 6) is 0.542. The Hall–Kier alpha value is -1.06. The second kappa shape index (κ2) is 8.87. The predicted octanol–water partition coefficient (Wildman–Crippen LogP) is 4.44. The first-order valence-corrected chi connectivity index (χ1v) is 8.85. The molecule has 2 rings (SSSR count). The van der Waals surface area contributed by atoms with Crippen molar-refractivity contribution < 1.29 is 9.53 Å². The van der Waals surface area contributed by atoms with Crippen molar-refractivity contribution in [2.45, 2.75) is 65.0 Å². The van der Waals surface area contributed by atoms with E-state index < -0.39 is 5.41 Å². The molecule has 0 atom stereocenters. The third-order valence-electron chi connectivity index (χ3n) is 5.02. The molecule has 1 fully saturated rings. The zero-order valence-corrected chi connectivity index (χ0v) is 16.4. The van der Waals surface area contributed by atoms with Crippen LogP contribution >= 0.6 is 12.4 Å². The van der Waals surface area contributed by atoms with Crippen LogP contribution in [-0.4, -0.2) is 36.1 Å². The van der Waals surface area contributed by atoms with Gasteiger partial charge in [0, 0.05) is 18.6 Å². The molecule has 0 N–H and O–H groups in total. The Bertz CT molecular complexity index is 502. The molecule has 3 nitrogen and oxygen atoms in total. The third-order valence-corrected chi connectivity index (χ3v) is 5.02. The molecule has 1 aliphatic carbocycles. The van der Waals surface area contributed by atoms with Gasteiger partial charge in [0.15, 0.2) is 0 Å². The van der Waals surface area contributed by atoms with Gasteiger partial charge in [-0.3, -0.25) is 9.69 Å². The van der Waals surface area contributed by atoms with Gasteiger partial charge in [0.1, 0.15) is 6.61 Å². The number of halogens is 1. The summed E-state index contributed by atoms with van der Waals surface area (Å²) in [4.78, 5) is 15.1. The van der Waals surface area contributed by atoms with E-state index in [2.05, 4.69) is 51.7 Å². The lowest BCUT2D eigenvalue weighted by Gasteiger charge is -2.44. The number of carbonyl (C=O) groups is 1. The van der Waals surface area contributed by atoms with Gasteiger partial charge in [-0.15, -0.1) is 12.4 Å². The summed E-state index contributed by atoms with van der Waals surface area (Å²) in [7, 11) is 0. The van der Waals surface area contributed by atoms with Crippen LogP contribution in [0.3, 0.4) is 0 Å². The molecule has 136 valence electrons. The van der Waals surface area contributed by atoms with E-state index in [1.54, 1.807) is 0 Å². The fourth-order valence-corrected chi connectivity index (χ4v) is 3.90. The highest BCUT2D eigenvalue weighted by Gasteiger charge is 2.50. The molecule has 0 aliphatic heterocycles. The van der Waals surface area contributed by atoms with Crippen molar-refractivity contribution in [2.75, 3.05) is 13.2 Å². The van der Waals surface area contributed by atoms with Crippen LogP contribution in [0.2, 0.25) is 0 Å². The summed E-state index contributed by atoms with van der Waals surface area (Å²) >= 11 is 0. The highest BCUT2D eigenvalue weighted by atomic mass is 35.5. The lowest BCUT2D eigenvalue weighted by atomic mass is 9.59. The summed E-state index contributed by atoms with van der Waals surface area (Å²) < 4.78 is 5.70. The first-order valence-electron chi connectivity index (χ1n) is 8.85. The molecule has 0 unspecified atom stereocenters. The SMILES string of the molecule is CC1CC(C(=O)OCCN(C(C)C)C(C)C)(c2ccccc2)C1.Cl. The van der Waals surface area contributed by atoms with Crippen LogP contribution in [-0.2, 0) is 14.9 Å². The lowest BCUT2D eigenvalue weighted by molar-refractivity contribution is -0.157. The van der Waals surface area contributed by atoms with Gasteiger partial charge in [0.2, 0.25) is 0 Å². The molecule has 0 bridgehead atoms. The highest BCUT2D eigenvalue weighted by Crippen LogP contribution is 2.48. The molecule has 1 aromatic carbocycles. The quantitative estimate of drug-likeness (QED) is 0.679. The van der Waals surface area contributed by atoms with Crippen LogP contribution in [0.15, 0.2) is 30.3 Å². The van der Waals surface area contributed by atoms with Crippen molar-refractivity contribution in [3.05, 3.63) is 35.9 Å². The molecular formula is C20H32ClNO2. The fraction of sp³-hybridized carbons (Fsp3) is 0.650. The molecule has 0 radical (unpaired) electrons. The zero-order valence-electron chi connectivity index (χ0n) is 15.6. The van der Waals surface area contributed by atoms with Crippen molar-refractivity contribution in [1.29, 1.82) is 0 Å². The number of nitrogens with zero attached hydrogens (tertiary/aromatic N) is 1. The first-order chi connectivity index (χ1) is 10.9. The highest BCUT2D eigenvalue weighted by molar-refractivity contribution is 5.85. The molecule has 1 aliphatic rings. The number of esters is 1. The van der Waals surface area contributed by atoms with E-state index in [-0.39, 0.29) is 18.4 Å². The van der Waals surface area contributed by atoms with E-state index in [4.69, 9.17) is 4.74 Å². The first kappa shape index (κ1) is 21.0.